The summed E-state index contributed by atoms with van der Waals surface area (Å²) >= 11 is 0. The fourth-order valence-corrected chi connectivity index (χ4v) is 2.07. The molecule has 0 aliphatic heterocycles. The van der Waals surface area contributed by atoms with Gasteiger partial charge < -0.3 is 4.57 Å². The Morgan fingerprint density at radius 1 is 0.778 bits per heavy atom. The van der Waals surface area contributed by atoms with E-state index in [9.17, 15) is 0 Å². The number of hydrogen-bond donors (Lipinski definition) is 0. The number of benzene rings is 2. The topological polar surface area (TPSA) is 17.8 Å². The van der Waals surface area contributed by atoms with E-state index in [0.29, 0.717) is 0 Å². The summed E-state index contributed by atoms with van der Waals surface area (Å²) in [5, 5.41) is 0. The van der Waals surface area contributed by atoms with E-state index in [4.69, 9.17) is 4.98 Å². The van der Waals surface area contributed by atoms with Crippen LogP contribution in [0.25, 0.3) is 22.6 Å². The van der Waals surface area contributed by atoms with Crippen LogP contribution in [0.5, 0.6) is 0 Å². The maximum Gasteiger partial charge on any atom is 0.140 e. The van der Waals surface area contributed by atoms with Crippen LogP contribution in [0, 0.1) is 0 Å². The molecule has 3 rings (SSSR count). The van der Waals surface area contributed by atoms with Crippen LogP contribution in [-0.4, -0.2) is 9.55 Å². The van der Waals surface area contributed by atoms with Crippen molar-refractivity contribution in [2.45, 2.75) is 0 Å². The van der Waals surface area contributed by atoms with Gasteiger partial charge in [-0.3, -0.25) is 0 Å². The number of imidazole rings is 1. The molecule has 3 aromatic rings. The van der Waals surface area contributed by atoms with Crippen molar-refractivity contribution in [1.82, 2.24) is 9.55 Å². The summed E-state index contributed by atoms with van der Waals surface area (Å²) in [6.07, 6.45) is 2.07. The Kier molecular flexibility index (Phi) is 2.69. The molecule has 0 spiro atoms. The second-order valence-corrected chi connectivity index (χ2v) is 4.29. The molecule has 0 fully saturated rings. The molecule has 2 heteroatoms. The zero-order valence-electron chi connectivity index (χ0n) is 10.2. The molecule has 0 bridgehead atoms. The molecule has 2 aromatic carbocycles. The SMILES string of the molecule is Cn1cc(-c2ccccc2)nc1-c1ccccc1. The number of aryl methyl sites for hydroxylation is 1. The van der Waals surface area contributed by atoms with Gasteiger partial charge in [0.05, 0.1) is 5.69 Å². The summed E-state index contributed by atoms with van der Waals surface area (Å²) in [5.41, 5.74) is 3.30. The quantitative estimate of drug-likeness (QED) is 0.660. The van der Waals surface area contributed by atoms with E-state index >= 15 is 0 Å². The fourth-order valence-electron chi connectivity index (χ4n) is 2.07. The van der Waals surface area contributed by atoms with Crippen LogP contribution >= 0.6 is 0 Å². The molecule has 1 heterocycles. The average molecular weight is 234 g/mol. The minimum absolute atomic E-state index is 0.995. The monoisotopic (exact) mass is 234 g/mol. The summed E-state index contributed by atoms with van der Waals surface area (Å²) in [6.45, 7) is 0. The van der Waals surface area contributed by atoms with Gasteiger partial charge in [-0.1, -0.05) is 60.7 Å². The lowest BCUT2D eigenvalue weighted by molar-refractivity contribution is 0.925. The Balaban J connectivity index is 2.07. The van der Waals surface area contributed by atoms with E-state index in [-0.39, 0.29) is 0 Å². The maximum absolute atomic E-state index is 4.71. The van der Waals surface area contributed by atoms with Gasteiger partial charge in [0, 0.05) is 24.4 Å². The molecular formula is C16H14N2. The highest BCUT2D eigenvalue weighted by molar-refractivity contribution is 5.64. The van der Waals surface area contributed by atoms with Crippen molar-refractivity contribution in [2.24, 2.45) is 7.05 Å². The molecule has 0 N–H and O–H groups in total. The molecule has 2 nitrogen and oxygen atoms in total. The third-order valence-corrected chi connectivity index (χ3v) is 2.98. The van der Waals surface area contributed by atoms with Crippen LogP contribution in [0.1, 0.15) is 0 Å². The van der Waals surface area contributed by atoms with Crippen LogP contribution in [0.4, 0.5) is 0 Å². The first-order valence-corrected chi connectivity index (χ1v) is 5.99. The molecule has 0 unspecified atom stereocenters. The summed E-state index contributed by atoms with van der Waals surface area (Å²) in [5.74, 6) is 0.995. The standard InChI is InChI=1S/C16H14N2/c1-18-12-15(13-8-4-2-5-9-13)17-16(18)14-10-6-3-7-11-14/h2-12H,1H3. The molecular weight excluding hydrogens is 220 g/mol. The number of hydrogen-bond acceptors (Lipinski definition) is 1. The van der Waals surface area contributed by atoms with Crippen LogP contribution in [0.3, 0.4) is 0 Å². The minimum Gasteiger partial charge on any atom is -0.333 e. The van der Waals surface area contributed by atoms with E-state index in [1.54, 1.807) is 0 Å². The first-order valence-electron chi connectivity index (χ1n) is 5.99. The van der Waals surface area contributed by atoms with Gasteiger partial charge in [0.1, 0.15) is 5.82 Å². The molecule has 0 atom stereocenters. The van der Waals surface area contributed by atoms with Crippen LogP contribution in [0.2, 0.25) is 0 Å². The number of aromatic nitrogens is 2. The highest BCUT2D eigenvalue weighted by Gasteiger charge is 2.08. The first-order chi connectivity index (χ1) is 8.84. The van der Waals surface area contributed by atoms with Gasteiger partial charge in [0.2, 0.25) is 0 Å². The lowest BCUT2D eigenvalue weighted by atomic mass is 10.2. The molecule has 0 aliphatic carbocycles. The Bertz CT molecular complexity index is 639. The van der Waals surface area contributed by atoms with Crippen molar-refractivity contribution in [3.8, 4) is 22.6 Å². The molecule has 1 aromatic heterocycles. The van der Waals surface area contributed by atoms with Gasteiger partial charge in [0.15, 0.2) is 0 Å². The van der Waals surface area contributed by atoms with Crippen molar-refractivity contribution >= 4 is 0 Å². The Morgan fingerprint density at radius 2 is 1.33 bits per heavy atom. The minimum atomic E-state index is 0.995. The van der Waals surface area contributed by atoms with Gasteiger partial charge in [0.25, 0.3) is 0 Å². The van der Waals surface area contributed by atoms with Gasteiger partial charge in [-0.05, 0) is 0 Å². The largest absolute Gasteiger partial charge is 0.333 e. The Morgan fingerprint density at radius 3 is 1.94 bits per heavy atom. The van der Waals surface area contributed by atoms with Crippen LogP contribution < -0.4 is 0 Å². The number of rotatable bonds is 2. The predicted octanol–water partition coefficient (Wildman–Crippen LogP) is 3.75. The van der Waals surface area contributed by atoms with E-state index < -0.39 is 0 Å². The first kappa shape index (κ1) is 10.8. The second-order valence-electron chi connectivity index (χ2n) is 4.29. The molecule has 0 saturated carbocycles. The average Bonchev–Trinajstić information content (AvgIpc) is 2.83. The second kappa shape index (κ2) is 4.49. The third kappa shape index (κ3) is 1.93. The van der Waals surface area contributed by atoms with Crippen LogP contribution in [0.15, 0.2) is 66.9 Å². The molecule has 0 saturated heterocycles. The highest BCUT2D eigenvalue weighted by Crippen LogP contribution is 2.23. The Hall–Kier alpha value is -2.35. The van der Waals surface area contributed by atoms with E-state index in [1.807, 2.05) is 43.4 Å². The summed E-state index contributed by atoms with van der Waals surface area (Å²) in [6, 6.07) is 20.5. The number of nitrogens with zero attached hydrogens (tertiary/aromatic N) is 2. The fraction of sp³-hybridized carbons (Fsp3) is 0.0625. The zero-order valence-corrected chi connectivity index (χ0v) is 10.2. The van der Waals surface area contributed by atoms with Gasteiger partial charge in [-0.25, -0.2) is 4.98 Å². The van der Waals surface area contributed by atoms with Crippen molar-refractivity contribution in [3.63, 3.8) is 0 Å². The molecule has 0 radical (unpaired) electrons. The van der Waals surface area contributed by atoms with Gasteiger partial charge in [-0.2, -0.15) is 0 Å². The summed E-state index contributed by atoms with van der Waals surface area (Å²) in [4.78, 5) is 4.71. The highest BCUT2D eigenvalue weighted by atomic mass is 15.0. The zero-order chi connectivity index (χ0) is 12.4. The van der Waals surface area contributed by atoms with Gasteiger partial charge in [-0.15, -0.1) is 0 Å². The van der Waals surface area contributed by atoms with Crippen molar-refractivity contribution < 1.29 is 0 Å². The normalized spacial score (nSPS) is 10.5. The lowest BCUT2D eigenvalue weighted by Crippen LogP contribution is -1.89. The van der Waals surface area contributed by atoms with Crippen LogP contribution in [-0.2, 0) is 7.05 Å². The smallest absolute Gasteiger partial charge is 0.140 e. The molecule has 18 heavy (non-hydrogen) atoms. The van der Waals surface area contributed by atoms with Gasteiger partial charge >= 0.3 is 0 Å². The maximum atomic E-state index is 4.71. The predicted molar refractivity (Wildman–Crippen MR) is 74.1 cm³/mol. The Labute approximate surface area is 107 Å². The summed E-state index contributed by atoms with van der Waals surface area (Å²) < 4.78 is 2.07. The molecule has 0 amide bonds. The van der Waals surface area contributed by atoms with Crippen molar-refractivity contribution in [1.29, 1.82) is 0 Å². The third-order valence-electron chi connectivity index (χ3n) is 2.98. The van der Waals surface area contributed by atoms with E-state index in [1.165, 1.54) is 0 Å². The van der Waals surface area contributed by atoms with Crippen molar-refractivity contribution in [3.05, 3.63) is 66.9 Å². The summed E-state index contributed by atoms with van der Waals surface area (Å²) in [7, 11) is 2.03. The lowest BCUT2D eigenvalue weighted by Gasteiger charge is -1.99. The molecule has 0 aliphatic rings. The molecule has 88 valence electrons. The van der Waals surface area contributed by atoms with E-state index in [0.717, 1.165) is 22.6 Å². The van der Waals surface area contributed by atoms with Crippen molar-refractivity contribution in [2.75, 3.05) is 0 Å². The van der Waals surface area contributed by atoms with E-state index in [2.05, 4.69) is 35.0 Å².